The standard InChI is InChI=1S/C10H14F3NO3/c1-2-6-3-7(8(15)16)5-14(4-6)9(17)10(11,12)13/h6-7H,2-5H2,1H3,(H,15,16). The van der Waals surface area contributed by atoms with Crippen molar-refractivity contribution in [3.63, 3.8) is 0 Å². The third kappa shape index (κ3) is 3.34. The van der Waals surface area contributed by atoms with Crippen LogP contribution >= 0.6 is 0 Å². The summed E-state index contributed by atoms with van der Waals surface area (Å²) in [5, 5.41) is 8.83. The molecule has 2 atom stereocenters. The second-order valence-electron chi connectivity index (χ2n) is 4.25. The number of carboxylic acids is 1. The van der Waals surface area contributed by atoms with Crippen LogP contribution in [-0.2, 0) is 9.59 Å². The minimum absolute atomic E-state index is 0.0153. The summed E-state index contributed by atoms with van der Waals surface area (Å²) in [5.41, 5.74) is 0. The predicted octanol–water partition coefficient (Wildman–Crippen LogP) is 1.51. The highest BCUT2D eigenvalue weighted by molar-refractivity contribution is 5.82. The summed E-state index contributed by atoms with van der Waals surface area (Å²) in [6.07, 6.45) is -4.04. The van der Waals surface area contributed by atoms with Gasteiger partial charge in [-0.25, -0.2) is 0 Å². The topological polar surface area (TPSA) is 57.6 Å². The van der Waals surface area contributed by atoms with E-state index in [9.17, 15) is 22.8 Å². The van der Waals surface area contributed by atoms with Gasteiger partial charge in [-0.1, -0.05) is 13.3 Å². The maximum absolute atomic E-state index is 12.3. The van der Waals surface area contributed by atoms with Crippen molar-refractivity contribution < 1.29 is 27.9 Å². The van der Waals surface area contributed by atoms with Crippen molar-refractivity contribution in [2.75, 3.05) is 13.1 Å². The summed E-state index contributed by atoms with van der Waals surface area (Å²) < 4.78 is 36.8. The zero-order valence-corrected chi connectivity index (χ0v) is 9.33. The molecule has 0 aromatic rings. The van der Waals surface area contributed by atoms with E-state index < -0.39 is 24.0 Å². The maximum Gasteiger partial charge on any atom is 0.471 e. The number of likely N-dealkylation sites (tertiary alicyclic amines) is 1. The second-order valence-corrected chi connectivity index (χ2v) is 4.25. The Morgan fingerprint density at radius 3 is 2.35 bits per heavy atom. The van der Waals surface area contributed by atoms with Gasteiger partial charge in [0, 0.05) is 13.1 Å². The van der Waals surface area contributed by atoms with Gasteiger partial charge in [-0.2, -0.15) is 13.2 Å². The Hall–Kier alpha value is -1.27. The van der Waals surface area contributed by atoms with E-state index in [2.05, 4.69) is 0 Å². The number of alkyl halides is 3. The molecule has 0 spiro atoms. The van der Waals surface area contributed by atoms with Gasteiger partial charge in [0.05, 0.1) is 5.92 Å². The van der Waals surface area contributed by atoms with E-state index in [1.165, 1.54) is 0 Å². The summed E-state index contributed by atoms with van der Waals surface area (Å²) in [7, 11) is 0. The molecule has 0 aromatic carbocycles. The predicted molar refractivity (Wildman–Crippen MR) is 52.2 cm³/mol. The summed E-state index contributed by atoms with van der Waals surface area (Å²) >= 11 is 0. The van der Waals surface area contributed by atoms with Crippen LogP contribution in [0.2, 0.25) is 0 Å². The lowest BCUT2D eigenvalue weighted by atomic mass is 9.87. The van der Waals surface area contributed by atoms with E-state index in [-0.39, 0.29) is 19.0 Å². The molecule has 1 amide bonds. The van der Waals surface area contributed by atoms with Crippen LogP contribution in [0, 0.1) is 11.8 Å². The first-order chi connectivity index (χ1) is 7.75. The molecule has 0 radical (unpaired) electrons. The van der Waals surface area contributed by atoms with E-state index >= 15 is 0 Å². The minimum Gasteiger partial charge on any atom is -0.481 e. The monoisotopic (exact) mass is 253 g/mol. The quantitative estimate of drug-likeness (QED) is 0.811. The van der Waals surface area contributed by atoms with Crippen LogP contribution < -0.4 is 0 Å². The second kappa shape index (κ2) is 4.93. The molecule has 4 nitrogen and oxygen atoms in total. The number of halogens is 3. The highest BCUT2D eigenvalue weighted by Crippen LogP contribution is 2.28. The fourth-order valence-corrected chi connectivity index (χ4v) is 2.02. The molecule has 7 heteroatoms. The van der Waals surface area contributed by atoms with E-state index in [1.54, 1.807) is 6.92 Å². The molecule has 0 bridgehead atoms. The zero-order valence-electron chi connectivity index (χ0n) is 9.33. The van der Waals surface area contributed by atoms with Gasteiger partial charge in [0.2, 0.25) is 0 Å². The third-order valence-electron chi connectivity index (χ3n) is 2.99. The molecule has 0 saturated carbocycles. The molecule has 17 heavy (non-hydrogen) atoms. The van der Waals surface area contributed by atoms with E-state index in [0.29, 0.717) is 17.7 Å². The minimum atomic E-state index is -4.93. The molecular formula is C10H14F3NO3. The van der Waals surface area contributed by atoms with Gasteiger partial charge in [0.1, 0.15) is 0 Å². The van der Waals surface area contributed by atoms with Crippen molar-refractivity contribution in [1.82, 2.24) is 4.90 Å². The van der Waals surface area contributed by atoms with Crippen LogP contribution in [0.1, 0.15) is 19.8 Å². The number of amides is 1. The molecule has 0 aromatic heterocycles. The van der Waals surface area contributed by atoms with Crippen LogP contribution in [0.25, 0.3) is 0 Å². The van der Waals surface area contributed by atoms with E-state index in [4.69, 9.17) is 5.11 Å². The van der Waals surface area contributed by atoms with Gasteiger partial charge >= 0.3 is 18.1 Å². The molecular weight excluding hydrogens is 239 g/mol. The molecule has 1 N–H and O–H groups in total. The fraction of sp³-hybridized carbons (Fsp3) is 0.800. The number of carboxylic acid groups (broad SMARTS) is 1. The number of nitrogens with zero attached hydrogens (tertiary/aromatic N) is 1. The van der Waals surface area contributed by atoms with Crippen LogP contribution in [0.4, 0.5) is 13.2 Å². The van der Waals surface area contributed by atoms with Crippen molar-refractivity contribution in [3.05, 3.63) is 0 Å². The molecule has 1 fully saturated rings. The van der Waals surface area contributed by atoms with Crippen LogP contribution in [0.3, 0.4) is 0 Å². The van der Waals surface area contributed by atoms with Gasteiger partial charge in [-0.05, 0) is 12.3 Å². The smallest absolute Gasteiger partial charge is 0.471 e. The average molecular weight is 253 g/mol. The Labute approximate surface area is 96.4 Å². The van der Waals surface area contributed by atoms with Gasteiger partial charge in [0.15, 0.2) is 0 Å². The number of carbonyl (C=O) groups is 2. The zero-order chi connectivity index (χ0) is 13.2. The molecule has 2 unspecified atom stereocenters. The van der Waals surface area contributed by atoms with Crippen molar-refractivity contribution in [3.8, 4) is 0 Å². The highest BCUT2D eigenvalue weighted by atomic mass is 19.4. The van der Waals surface area contributed by atoms with Gasteiger partial charge in [-0.15, -0.1) is 0 Å². The van der Waals surface area contributed by atoms with E-state index in [1.807, 2.05) is 0 Å². The van der Waals surface area contributed by atoms with Gasteiger partial charge in [0.25, 0.3) is 0 Å². The molecule has 1 aliphatic rings. The van der Waals surface area contributed by atoms with Crippen molar-refractivity contribution >= 4 is 11.9 Å². The molecule has 1 heterocycles. The summed E-state index contributed by atoms with van der Waals surface area (Å²) in [4.78, 5) is 22.5. The lowest BCUT2D eigenvalue weighted by molar-refractivity contribution is -0.188. The first kappa shape index (κ1) is 13.8. The Balaban J connectivity index is 2.79. The fourth-order valence-electron chi connectivity index (χ4n) is 2.02. The van der Waals surface area contributed by atoms with Crippen LogP contribution in [0.5, 0.6) is 0 Å². The number of carbonyl (C=O) groups excluding carboxylic acids is 1. The number of piperidine rings is 1. The molecule has 1 rings (SSSR count). The van der Waals surface area contributed by atoms with Gasteiger partial charge in [-0.3, -0.25) is 9.59 Å². The van der Waals surface area contributed by atoms with Crippen molar-refractivity contribution in [2.45, 2.75) is 25.9 Å². The summed E-state index contributed by atoms with van der Waals surface area (Å²) in [6, 6.07) is 0. The first-order valence-electron chi connectivity index (χ1n) is 5.34. The first-order valence-corrected chi connectivity index (χ1v) is 5.34. The van der Waals surface area contributed by atoms with Crippen LogP contribution in [0.15, 0.2) is 0 Å². The number of rotatable bonds is 2. The Morgan fingerprint density at radius 2 is 1.94 bits per heavy atom. The summed E-state index contributed by atoms with van der Waals surface area (Å²) in [5.74, 6) is -4.18. The lowest BCUT2D eigenvalue weighted by Crippen LogP contribution is -2.50. The number of hydrogen-bond donors (Lipinski definition) is 1. The van der Waals surface area contributed by atoms with Gasteiger partial charge < -0.3 is 10.0 Å². The maximum atomic E-state index is 12.3. The SMILES string of the molecule is CCC1CC(C(=O)O)CN(C(=O)C(F)(F)F)C1. The average Bonchev–Trinajstić information content (AvgIpc) is 2.26. The Morgan fingerprint density at radius 1 is 1.35 bits per heavy atom. The normalized spacial score (nSPS) is 25.8. The lowest BCUT2D eigenvalue weighted by Gasteiger charge is -2.36. The number of aliphatic carboxylic acids is 1. The molecule has 98 valence electrons. The summed E-state index contributed by atoms with van der Waals surface area (Å²) in [6.45, 7) is 1.40. The highest BCUT2D eigenvalue weighted by Gasteiger charge is 2.45. The Bertz CT molecular complexity index is 316. The number of hydrogen-bond acceptors (Lipinski definition) is 2. The molecule has 0 aliphatic carbocycles. The van der Waals surface area contributed by atoms with E-state index in [0.717, 1.165) is 0 Å². The Kier molecular flexibility index (Phi) is 4.00. The largest absolute Gasteiger partial charge is 0.481 e. The van der Waals surface area contributed by atoms with Crippen molar-refractivity contribution in [1.29, 1.82) is 0 Å². The third-order valence-corrected chi connectivity index (χ3v) is 2.99. The van der Waals surface area contributed by atoms with Crippen LogP contribution in [-0.4, -0.2) is 41.1 Å². The van der Waals surface area contributed by atoms with Crippen molar-refractivity contribution in [2.24, 2.45) is 11.8 Å². The molecule has 1 aliphatic heterocycles. The molecule has 1 saturated heterocycles.